The van der Waals surface area contributed by atoms with Crippen LogP contribution in [0, 0.1) is 0 Å². The highest BCUT2D eigenvalue weighted by molar-refractivity contribution is 7.79. The Hall–Kier alpha value is -1.09. The monoisotopic (exact) mass is 178 g/mol. The first-order valence-electron chi connectivity index (χ1n) is 3.56. The molecule has 0 aliphatic carbocycles. The molecule has 2 aromatic rings. The molecule has 2 rings (SSSR count). The number of fused-ring (bicyclic) bond motifs is 1. The van der Waals surface area contributed by atoms with E-state index in [0.29, 0.717) is 0 Å². The van der Waals surface area contributed by atoms with E-state index in [1.165, 1.54) is 0 Å². The van der Waals surface area contributed by atoms with Gasteiger partial charge in [0.05, 0.1) is 5.52 Å². The van der Waals surface area contributed by atoms with E-state index < -0.39 is 0 Å². The van der Waals surface area contributed by atoms with E-state index in [1.54, 1.807) is 12.6 Å². The summed E-state index contributed by atoms with van der Waals surface area (Å²) < 4.78 is 0. The topological polar surface area (TPSA) is 25.8 Å². The third kappa shape index (κ3) is 1.95. The molecule has 0 aliphatic rings. The Balaban J connectivity index is 0.000000336. The molecule has 0 radical (unpaired) electrons. The highest BCUT2D eigenvalue weighted by atomic mass is 32.1. The van der Waals surface area contributed by atoms with Gasteiger partial charge in [-0.2, -0.15) is 12.6 Å². The number of hydrogen-bond donors (Lipinski definition) is 1. The fraction of sp³-hybridized carbons (Fsp3) is 0.111. The summed E-state index contributed by atoms with van der Waals surface area (Å²) in [4.78, 5) is 7.97. The summed E-state index contributed by atoms with van der Waals surface area (Å²) in [7, 11) is 0. The molecule has 3 heteroatoms. The summed E-state index contributed by atoms with van der Waals surface area (Å²) in [6, 6.07) is 7.91. The lowest BCUT2D eigenvalue weighted by Crippen LogP contribution is -1.77. The first-order valence-corrected chi connectivity index (χ1v) is 4.46. The van der Waals surface area contributed by atoms with Crippen LogP contribution in [0.25, 0.3) is 10.9 Å². The molecule has 0 saturated heterocycles. The lowest BCUT2D eigenvalue weighted by atomic mass is 10.2. The van der Waals surface area contributed by atoms with Crippen LogP contribution in [0.5, 0.6) is 0 Å². The molecule has 0 unspecified atom stereocenters. The maximum atomic E-state index is 4.07. The normalized spacial score (nSPS) is 8.83. The molecule has 0 aliphatic heterocycles. The predicted octanol–water partition coefficient (Wildman–Crippen LogP) is 2.18. The molecule has 0 spiro atoms. The number of benzene rings is 1. The first-order chi connectivity index (χ1) is 5.97. The lowest BCUT2D eigenvalue weighted by Gasteiger charge is -1.90. The van der Waals surface area contributed by atoms with Crippen molar-refractivity contribution in [1.29, 1.82) is 0 Å². The summed E-state index contributed by atoms with van der Waals surface area (Å²) in [6.45, 7) is 0. The van der Waals surface area contributed by atoms with Crippen LogP contribution in [0.3, 0.4) is 0 Å². The maximum Gasteiger partial charge on any atom is 0.116 e. The fourth-order valence-electron chi connectivity index (χ4n) is 0.923. The molecule has 0 N–H and O–H groups in total. The minimum Gasteiger partial charge on any atom is -0.244 e. The lowest BCUT2D eigenvalue weighted by molar-refractivity contribution is 1.22. The highest BCUT2D eigenvalue weighted by Gasteiger charge is 1.87. The molecule has 0 fully saturated rings. The van der Waals surface area contributed by atoms with Gasteiger partial charge in [-0.15, -0.1) is 0 Å². The van der Waals surface area contributed by atoms with Gasteiger partial charge in [0.15, 0.2) is 0 Å². The van der Waals surface area contributed by atoms with Gasteiger partial charge in [0.2, 0.25) is 0 Å². The fourth-order valence-corrected chi connectivity index (χ4v) is 0.923. The average molecular weight is 178 g/mol. The molecule has 62 valence electrons. The van der Waals surface area contributed by atoms with Crippen LogP contribution in [-0.4, -0.2) is 16.2 Å². The molecule has 0 atom stereocenters. The zero-order valence-corrected chi connectivity index (χ0v) is 7.70. The Morgan fingerprint density at radius 3 is 2.67 bits per heavy atom. The minimum atomic E-state index is 0.998. The van der Waals surface area contributed by atoms with Crippen LogP contribution in [-0.2, 0) is 0 Å². The number of hydrogen-bond acceptors (Lipinski definition) is 3. The Morgan fingerprint density at radius 2 is 1.92 bits per heavy atom. The van der Waals surface area contributed by atoms with Crippen molar-refractivity contribution in [3.05, 3.63) is 36.8 Å². The van der Waals surface area contributed by atoms with Crippen molar-refractivity contribution in [3.8, 4) is 0 Å². The predicted molar refractivity (Wildman–Crippen MR) is 54.4 cm³/mol. The zero-order chi connectivity index (χ0) is 8.81. The molecule has 0 bridgehead atoms. The molecule has 12 heavy (non-hydrogen) atoms. The van der Waals surface area contributed by atoms with Crippen LogP contribution >= 0.6 is 12.6 Å². The Kier molecular flexibility index (Phi) is 3.54. The van der Waals surface area contributed by atoms with Gasteiger partial charge in [0.25, 0.3) is 0 Å². The summed E-state index contributed by atoms with van der Waals surface area (Å²) >= 11 is 3.53. The second-order valence-corrected chi connectivity index (χ2v) is 2.08. The number of para-hydroxylation sites is 1. The van der Waals surface area contributed by atoms with Crippen molar-refractivity contribution in [2.24, 2.45) is 0 Å². The van der Waals surface area contributed by atoms with Crippen molar-refractivity contribution in [2.45, 2.75) is 0 Å². The van der Waals surface area contributed by atoms with E-state index in [2.05, 4.69) is 22.6 Å². The van der Waals surface area contributed by atoms with Crippen molar-refractivity contribution in [1.82, 2.24) is 9.97 Å². The number of thiol groups is 1. The van der Waals surface area contributed by atoms with E-state index in [0.717, 1.165) is 10.9 Å². The highest BCUT2D eigenvalue weighted by Crippen LogP contribution is 2.06. The van der Waals surface area contributed by atoms with Gasteiger partial charge in [-0.05, 0) is 12.3 Å². The van der Waals surface area contributed by atoms with Crippen molar-refractivity contribution in [3.63, 3.8) is 0 Å². The molecule has 1 heterocycles. The smallest absolute Gasteiger partial charge is 0.116 e. The quantitative estimate of drug-likeness (QED) is 0.626. The Bertz CT molecular complexity index is 284. The third-order valence-corrected chi connectivity index (χ3v) is 1.41. The van der Waals surface area contributed by atoms with Gasteiger partial charge in [-0.1, -0.05) is 18.2 Å². The standard InChI is InChI=1S/C8H6N2.CH4S/c1-2-4-8-7(3-1)5-9-6-10-8;1-2/h1-6H;2H,1H3. The van der Waals surface area contributed by atoms with Gasteiger partial charge in [-0.3, -0.25) is 0 Å². The summed E-state index contributed by atoms with van der Waals surface area (Å²) in [6.07, 6.45) is 5.06. The molecular weight excluding hydrogens is 168 g/mol. The molecule has 0 saturated carbocycles. The van der Waals surface area contributed by atoms with Crippen LogP contribution in [0.2, 0.25) is 0 Å². The maximum absolute atomic E-state index is 4.07. The van der Waals surface area contributed by atoms with Crippen molar-refractivity contribution >= 4 is 23.5 Å². The number of aromatic nitrogens is 2. The largest absolute Gasteiger partial charge is 0.244 e. The Labute approximate surface area is 77.1 Å². The van der Waals surface area contributed by atoms with Crippen LogP contribution in [0.4, 0.5) is 0 Å². The van der Waals surface area contributed by atoms with Gasteiger partial charge in [0.1, 0.15) is 6.33 Å². The Morgan fingerprint density at radius 1 is 1.17 bits per heavy atom. The van der Waals surface area contributed by atoms with E-state index >= 15 is 0 Å². The second kappa shape index (κ2) is 4.72. The van der Waals surface area contributed by atoms with E-state index in [9.17, 15) is 0 Å². The van der Waals surface area contributed by atoms with Gasteiger partial charge < -0.3 is 0 Å². The van der Waals surface area contributed by atoms with E-state index in [1.807, 2.05) is 30.5 Å². The van der Waals surface area contributed by atoms with Crippen LogP contribution in [0.1, 0.15) is 0 Å². The second-order valence-electron chi connectivity index (χ2n) is 2.08. The van der Waals surface area contributed by atoms with Gasteiger partial charge in [0, 0.05) is 11.6 Å². The van der Waals surface area contributed by atoms with Crippen molar-refractivity contribution in [2.75, 3.05) is 6.26 Å². The van der Waals surface area contributed by atoms with E-state index in [-0.39, 0.29) is 0 Å². The van der Waals surface area contributed by atoms with Crippen LogP contribution in [0.15, 0.2) is 36.8 Å². The van der Waals surface area contributed by atoms with Gasteiger partial charge >= 0.3 is 0 Å². The third-order valence-electron chi connectivity index (χ3n) is 1.41. The average Bonchev–Trinajstić information content (AvgIpc) is 2.21. The SMILES string of the molecule is CS.c1ccc2ncncc2c1. The summed E-state index contributed by atoms with van der Waals surface area (Å²) in [5.74, 6) is 0. The summed E-state index contributed by atoms with van der Waals surface area (Å²) in [5, 5.41) is 1.09. The molecule has 1 aromatic heterocycles. The van der Waals surface area contributed by atoms with Crippen molar-refractivity contribution < 1.29 is 0 Å². The number of rotatable bonds is 0. The summed E-state index contributed by atoms with van der Waals surface area (Å²) in [5.41, 5.74) is 0.998. The molecule has 0 amide bonds. The first kappa shape index (κ1) is 9.00. The van der Waals surface area contributed by atoms with Crippen LogP contribution < -0.4 is 0 Å². The molecule has 1 aromatic carbocycles. The van der Waals surface area contributed by atoms with Gasteiger partial charge in [-0.25, -0.2) is 9.97 Å². The molecular formula is C9H10N2S. The minimum absolute atomic E-state index is 0.998. The molecule has 2 nitrogen and oxygen atoms in total. The number of nitrogens with zero attached hydrogens (tertiary/aromatic N) is 2. The zero-order valence-electron chi connectivity index (χ0n) is 6.81. The van der Waals surface area contributed by atoms with E-state index in [4.69, 9.17) is 0 Å².